The smallest absolute Gasteiger partial charge is 0.300 e. The van der Waals surface area contributed by atoms with Gasteiger partial charge >= 0.3 is 0 Å². The first-order valence-corrected chi connectivity index (χ1v) is 10.1. The largest absolute Gasteiger partial charge is 0.481 e. The van der Waals surface area contributed by atoms with Crippen molar-refractivity contribution in [3.05, 3.63) is 30.1 Å². The molecule has 0 aliphatic carbocycles. The molecule has 3 aliphatic heterocycles. The summed E-state index contributed by atoms with van der Waals surface area (Å²) in [6.07, 6.45) is 5.17. The molecule has 30 heavy (non-hydrogen) atoms. The number of ether oxygens (including phenoxy) is 1. The third kappa shape index (κ3) is 5.34. The van der Waals surface area contributed by atoms with Crippen LogP contribution in [0.15, 0.2) is 24.5 Å². The van der Waals surface area contributed by atoms with Gasteiger partial charge in [0, 0.05) is 52.2 Å². The Morgan fingerprint density at radius 1 is 1.23 bits per heavy atom. The second-order valence-electron chi connectivity index (χ2n) is 8.06. The second kappa shape index (κ2) is 9.99. The summed E-state index contributed by atoms with van der Waals surface area (Å²) in [6.45, 7) is 9.06. The van der Waals surface area contributed by atoms with Gasteiger partial charge in [0.15, 0.2) is 5.72 Å². The van der Waals surface area contributed by atoms with Crippen LogP contribution in [0.1, 0.15) is 46.1 Å². The summed E-state index contributed by atoms with van der Waals surface area (Å²) in [4.78, 5) is 39.2. The Balaban J connectivity index is 0.000000347. The molecule has 166 valence electrons. The summed E-state index contributed by atoms with van der Waals surface area (Å²) in [5.41, 5.74) is 0.885. The van der Waals surface area contributed by atoms with Gasteiger partial charge in [-0.05, 0) is 23.6 Å². The average Bonchev–Trinajstić information content (AvgIpc) is 3.25. The Labute approximate surface area is 176 Å². The Bertz CT molecular complexity index is 736. The molecule has 0 radical (unpaired) electrons. The van der Waals surface area contributed by atoms with E-state index >= 15 is 0 Å². The van der Waals surface area contributed by atoms with E-state index in [4.69, 9.17) is 24.5 Å². The Kier molecular flexibility index (Phi) is 7.91. The highest BCUT2D eigenvalue weighted by Gasteiger charge is 2.64. The third-order valence-electron chi connectivity index (χ3n) is 5.50. The highest BCUT2D eigenvalue weighted by Crippen LogP contribution is 2.49. The van der Waals surface area contributed by atoms with Crippen LogP contribution in [0, 0.1) is 5.92 Å². The van der Waals surface area contributed by atoms with E-state index in [1.165, 1.54) is 5.56 Å². The molecule has 1 spiro atoms. The number of amides is 1. The summed E-state index contributed by atoms with van der Waals surface area (Å²) < 4.78 is 6.25. The highest BCUT2D eigenvalue weighted by molar-refractivity contribution is 5.82. The van der Waals surface area contributed by atoms with Crippen molar-refractivity contribution in [3.63, 3.8) is 0 Å². The molecule has 3 aliphatic rings. The molecule has 9 nitrogen and oxygen atoms in total. The first-order valence-electron chi connectivity index (χ1n) is 10.1. The molecule has 2 N–H and O–H groups in total. The maximum atomic E-state index is 12.6. The number of aromatic nitrogens is 1. The van der Waals surface area contributed by atoms with E-state index in [1.807, 2.05) is 24.5 Å². The topological polar surface area (TPSA) is 120 Å². The zero-order valence-corrected chi connectivity index (χ0v) is 17.9. The van der Waals surface area contributed by atoms with E-state index < -0.39 is 11.9 Å². The van der Waals surface area contributed by atoms with Crippen molar-refractivity contribution in [1.82, 2.24) is 14.8 Å². The molecule has 9 heteroatoms. The van der Waals surface area contributed by atoms with E-state index in [-0.39, 0.29) is 23.7 Å². The van der Waals surface area contributed by atoms with Crippen molar-refractivity contribution >= 4 is 17.8 Å². The molecule has 3 saturated heterocycles. The van der Waals surface area contributed by atoms with Crippen LogP contribution in [0.5, 0.6) is 0 Å². The van der Waals surface area contributed by atoms with Crippen LogP contribution < -0.4 is 0 Å². The van der Waals surface area contributed by atoms with E-state index in [1.54, 1.807) is 0 Å². The lowest BCUT2D eigenvalue weighted by molar-refractivity contribution is -0.139. The Morgan fingerprint density at radius 2 is 1.80 bits per heavy atom. The van der Waals surface area contributed by atoms with Gasteiger partial charge in [-0.2, -0.15) is 0 Å². The zero-order chi connectivity index (χ0) is 22.5. The van der Waals surface area contributed by atoms with Crippen LogP contribution in [0.3, 0.4) is 0 Å². The molecule has 4 heterocycles. The van der Waals surface area contributed by atoms with E-state index in [0.717, 1.165) is 33.4 Å². The first-order chi connectivity index (χ1) is 14.1. The maximum Gasteiger partial charge on any atom is 0.300 e. The highest BCUT2D eigenvalue weighted by atomic mass is 16.5. The lowest BCUT2D eigenvalue weighted by atomic mass is 10.0. The standard InChI is InChI=1S/C17H23N3O2.2C2H4O2/c1-12(2)14-11-22-17-5-8-19(10-13-3-6-18-7-4-13)15(17)9-16(21)20(14)17;2*1-2(3)4/h3-4,6-7,12,14-15H,5,8-11H2,1-2H3;2*1H3,(H,3,4)/t14-,15+,17-;;/m0../s1. The van der Waals surface area contributed by atoms with Gasteiger partial charge in [0.05, 0.1) is 18.7 Å². The number of carboxylic acids is 2. The van der Waals surface area contributed by atoms with Crippen LogP contribution in [-0.4, -0.2) is 73.8 Å². The monoisotopic (exact) mass is 421 g/mol. The molecule has 1 amide bonds. The minimum atomic E-state index is -0.833. The molecule has 4 rings (SSSR count). The summed E-state index contributed by atoms with van der Waals surface area (Å²) in [5.74, 6) is -0.961. The molecule has 1 aromatic rings. The predicted molar refractivity (Wildman–Crippen MR) is 108 cm³/mol. The lowest BCUT2D eigenvalue weighted by Crippen LogP contribution is -2.50. The van der Waals surface area contributed by atoms with Gasteiger partial charge in [-0.1, -0.05) is 13.8 Å². The molecule has 1 aromatic heterocycles. The zero-order valence-electron chi connectivity index (χ0n) is 17.9. The molecule has 0 bridgehead atoms. The van der Waals surface area contributed by atoms with E-state index in [2.05, 4.69) is 28.6 Å². The minimum absolute atomic E-state index is 0.192. The number of rotatable bonds is 3. The van der Waals surface area contributed by atoms with Crippen molar-refractivity contribution < 1.29 is 29.3 Å². The van der Waals surface area contributed by atoms with Gasteiger partial charge in [-0.25, -0.2) is 0 Å². The summed E-state index contributed by atoms with van der Waals surface area (Å²) in [6, 6.07) is 4.52. The number of nitrogens with zero attached hydrogens (tertiary/aromatic N) is 3. The first kappa shape index (κ1) is 23.8. The number of carboxylic acid groups (broad SMARTS) is 2. The van der Waals surface area contributed by atoms with Crippen molar-refractivity contribution in [2.24, 2.45) is 5.92 Å². The Hall–Kier alpha value is -2.52. The predicted octanol–water partition coefficient (Wildman–Crippen LogP) is 1.82. The van der Waals surface area contributed by atoms with E-state index in [9.17, 15) is 4.79 Å². The third-order valence-corrected chi connectivity index (χ3v) is 5.50. The van der Waals surface area contributed by atoms with Crippen molar-refractivity contribution in [1.29, 1.82) is 0 Å². The summed E-state index contributed by atoms with van der Waals surface area (Å²) in [7, 11) is 0. The molecular weight excluding hydrogens is 390 g/mol. The summed E-state index contributed by atoms with van der Waals surface area (Å²) in [5, 5.41) is 14.8. The van der Waals surface area contributed by atoms with Gasteiger partial charge in [0.25, 0.3) is 11.9 Å². The number of hydrogen-bond donors (Lipinski definition) is 2. The SMILES string of the molecule is CC(=O)O.CC(=O)O.CC(C)[C@@H]1CO[C@@]23CCN(Cc4ccncc4)[C@@H]2CC(=O)N13. The average molecular weight is 421 g/mol. The lowest BCUT2D eigenvalue weighted by Gasteiger charge is -2.34. The van der Waals surface area contributed by atoms with Crippen LogP contribution >= 0.6 is 0 Å². The van der Waals surface area contributed by atoms with Crippen LogP contribution in [0.25, 0.3) is 0 Å². The number of hydrogen-bond acceptors (Lipinski definition) is 6. The number of carbonyl (C=O) groups excluding carboxylic acids is 1. The van der Waals surface area contributed by atoms with Gasteiger partial charge in [0.2, 0.25) is 5.91 Å². The fourth-order valence-electron chi connectivity index (χ4n) is 4.37. The van der Waals surface area contributed by atoms with Crippen LogP contribution in [0.2, 0.25) is 0 Å². The van der Waals surface area contributed by atoms with Gasteiger partial charge < -0.3 is 19.8 Å². The molecular formula is C21H31N3O6. The van der Waals surface area contributed by atoms with Gasteiger partial charge in [-0.15, -0.1) is 0 Å². The van der Waals surface area contributed by atoms with Crippen molar-refractivity contribution in [2.75, 3.05) is 13.2 Å². The molecule has 0 unspecified atom stereocenters. The number of likely N-dealkylation sites (tertiary alicyclic amines) is 1. The second-order valence-corrected chi connectivity index (χ2v) is 8.06. The number of aliphatic carboxylic acids is 2. The van der Waals surface area contributed by atoms with Crippen molar-refractivity contribution in [3.8, 4) is 0 Å². The van der Waals surface area contributed by atoms with E-state index in [0.29, 0.717) is 18.9 Å². The molecule has 3 atom stereocenters. The number of pyridine rings is 1. The summed E-state index contributed by atoms with van der Waals surface area (Å²) >= 11 is 0. The minimum Gasteiger partial charge on any atom is -0.481 e. The quantitative estimate of drug-likeness (QED) is 0.758. The fourth-order valence-corrected chi connectivity index (χ4v) is 4.37. The fraction of sp³-hybridized carbons (Fsp3) is 0.619. The van der Waals surface area contributed by atoms with Gasteiger partial charge in [0.1, 0.15) is 0 Å². The molecule has 0 saturated carbocycles. The molecule has 0 aromatic carbocycles. The van der Waals surface area contributed by atoms with Crippen LogP contribution in [0.4, 0.5) is 0 Å². The number of carbonyl (C=O) groups is 3. The van der Waals surface area contributed by atoms with Crippen LogP contribution in [-0.2, 0) is 25.7 Å². The van der Waals surface area contributed by atoms with Gasteiger partial charge in [-0.3, -0.25) is 24.3 Å². The van der Waals surface area contributed by atoms with Crippen molar-refractivity contribution in [2.45, 2.75) is 64.9 Å². The maximum absolute atomic E-state index is 12.6. The Morgan fingerprint density at radius 3 is 2.33 bits per heavy atom. The normalized spacial score (nSPS) is 27.0. The molecule has 3 fully saturated rings.